The van der Waals surface area contributed by atoms with Gasteiger partial charge in [0.25, 0.3) is 0 Å². The molecule has 7 nitrogen and oxygen atoms in total. The second-order valence-electron chi connectivity index (χ2n) is 6.61. The molecule has 1 amide bonds. The van der Waals surface area contributed by atoms with Gasteiger partial charge in [-0.2, -0.15) is 5.10 Å². The maximum atomic E-state index is 12.5. The molecule has 1 N–H and O–H groups in total. The number of amides is 1. The molecule has 7 heteroatoms. The molecule has 2 aromatic heterocycles. The largest absolute Gasteiger partial charge is 0.356 e. The first-order chi connectivity index (χ1) is 13.0. The highest BCUT2D eigenvalue weighted by Gasteiger charge is 2.16. The first-order valence-electron chi connectivity index (χ1n) is 9.30. The van der Waals surface area contributed by atoms with Crippen LogP contribution >= 0.6 is 0 Å². The Morgan fingerprint density at radius 1 is 1.19 bits per heavy atom. The van der Waals surface area contributed by atoms with E-state index in [0.717, 1.165) is 29.9 Å². The van der Waals surface area contributed by atoms with Crippen LogP contribution in [0.4, 0.5) is 5.82 Å². The molecular weight excluding hydrogens is 340 g/mol. The van der Waals surface area contributed by atoms with Gasteiger partial charge in [0, 0.05) is 13.1 Å². The van der Waals surface area contributed by atoms with E-state index in [1.807, 2.05) is 38.1 Å². The van der Waals surface area contributed by atoms with Crippen LogP contribution in [0.5, 0.6) is 0 Å². The van der Waals surface area contributed by atoms with Crippen molar-refractivity contribution >= 4 is 22.8 Å². The van der Waals surface area contributed by atoms with Crippen molar-refractivity contribution in [2.75, 3.05) is 18.0 Å². The van der Waals surface area contributed by atoms with Crippen LogP contribution in [-0.4, -0.2) is 38.7 Å². The van der Waals surface area contributed by atoms with E-state index in [1.165, 1.54) is 11.9 Å². The molecule has 3 rings (SSSR count). The van der Waals surface area contributed by atoms with Gasteiger partial charge in [0.1, 0.15) is 18.7 Å². The maximum Gasteiger partial charge on any atom is 0.242 e. The van der Waals surface area contributed by atoms with Crippen LogP contribution in [0.2, 0.25) is 0 Å². The van der Waals surface area contributed by atoms with Crippen molar-refractivity contribution in [2.24, 2.45) is 0 Å². The summed E-state index contributed by atoms with van der Waals surface area (Å²) in [5.74, 6) is 0.751. The minimum atomic E-state index is -0.101. The molecule has 2 heterocycles. The predicted molar refractivity (Wildman–Crippen MR) is 107 cm³/mol. The van der Waals surface area contributed by atoms with Gasteiger partial charge < -0.3 is 10.2 Å². The molecule has 142 valence electrons. The Kier molecular flexibility index (Phi) is 5.69. The highest BCUT2D eigenvalue weighted by Crippen LogP contribution is 2.22. The van der Waals surface area contributed by atoms with E-state index in [9.17, 15) is 4.79 Å². The maximum absolute atomic E-state index is 12.5. The number of aryl methyl sites for hydroxylation is 1. The van der Waals surface area contributed by atoms with Gasteiger partial charge in [-0.1, -0.05) is 29.8 Å². The summed E-state index contributed by atoms with van der Waals surface area (Å²) < 4.78 is 1.63. The van der Waals surface area contributed by atoms with E-state index < -0.39 is 0 Å². The van der Waals surface area contributed by atoms with Crippen molar-refractivity contribution in [2.45, 2.75) is 40.3 Å². The fourth-order valence-corrected chi connectivity index (χ4v) is 3.13. The Morgan fingerprint density at radius 2 is 1.89 bits per heavy atom. The number of hydrogen-bond donors (Lipinski definition) is 1. The van der Waals surface area contributed by atoms with Gasteiger partial charge in [0.15, 0.2) is 5.65 Å². The lowest BCUT2D eigenvalue weighted by molar-refractivity contribution is -0.122. The van der Waals surface area contributed by atoms with Crippen LogP contribution in [0.3, 0.4) is 0 Å². The number of hydrogen-bond acceptors (Lipinski definition) is 5. The van der Waals surface area contributed by atoms with Crippen molar-refractivity contribution in [3.63, 3.8) is 0 Å². The number of anilines is 1. The fourth-order valence-electron chi connectivity index (χ4n) is 3.13. The van der Waals surface area contributed by atoms with Crippen LogP contribution in [0.25, 0.3) is 11.0 Å². The number of nitrogens with zero attached hydrogens (tertiary/aromatic N) is 5. The summed E-state index contributed by atoms with van der Waals surface area (Å²) in [7, 11) is 0. The normalized spacial score (nSPS) is 12.1. The highest BCUT2D eigenvalue weighted by atomic mass is 16.2. The summed E-state index contributed by atoms with van der Waals surface area (Å²) >= 11 is 0. The SMILES string of the molecule is CCN(CC)c1ncnc2c1cnn2CC(=O)N[C@@H](C)c1ccc(C)cc1. The molecule has 0 aliphatic carbocycles. The zero-order valence-corrected chi connectivity index (χ0v) is 16.3. The predicted octanol–water partition coefficient (Wildman–Crippen LogP) is 2.86. The molecule has 0 saturated heterocycles. The zero-order valence-electron chi connectivity index (χ0n) is 16.3. The van der Waals surface area contributed by atoms with Crippen LogP contribution in [-0.2, 0) is 11.3 Å². The van der Waals surface area contributed by atoms with E-state index in [2.05, 4.69) is 39.1 Å². The summed E-state index contributed by atoms with van der Waals surface area (Å²) in [6.07, 6.45) is 3.26. The summed E-state index contributed by atoms with van der Waals surface area (Å²) in [4.78, 5) is 23.4. The first-order valence-corrected chi connectivity index (χ1v) is 9.30. The first kappa shape index (κ1) is 18.8. The lowest BCUT2D eigenvalue weighted by atomic mass is 10.1. The number of benzene rings is 1. The summed E-state index contributed by atoms with van der Waals surface area (Å²) in [6.45, 7) is 10.0. The van der Waals surface area contributed by atoms with E-state index in [-0.39, 0.29) is 18.5 Å². The number of nitrogens with one attached hydrogen (secondary N) is 1. The van der Waals surface area contributed by atoms with Gasteiger partial charge in [-0.25, -0.2) is 14.6 Å². The Hall–Kier alpha value is -2.96. The number of rotatable bonds is 7. The average Bonchev–Trinajstić information content (AvgIpc) is 3.07. The highest BCUT2D eigenvalue weighted by molar-refractivity contribution is 5.87. The summed E-state index contributed by atoms with van der Waals surface area (Å²) in [5.41, 5.74) is 2.94. The zero-order chi connectivity index (χ0) is 19.4. The smallest absolute Gasteiger partial charge is 0.242 e. The van der Waals surface area contributed by atoms with Crippen molar-refractivity contribution in [3.8, 4) is 0 Å². The number of aromatic nitrogens is 4. The summed E-state index contributed by atoms with van der Waals surface area (Å²) in [6, 6.07) is 8.09. The van der Waals surface area contributed by atoms with Crippen molar-refractivity contribution in [3.05, 3.63) is 47.9 Å². The topological polar surface area (TPSA) is 75.9 Å². The van der Waals surface area contributed by atoms with Gasteiger partial charge >= 0.3 is 0 Å². The third kappa shape index (κ3) is 4.07. The fraction of sp³-hybridized carbons (Fsp3) is 0.400. The molecule has 27 heavy (non-hydrogen) atoms. The molecule has 0 fully saturated rings. The van der Waals surface area contributed by atoms with E-state index >= 15 is 0 Å². The molecule has 0 unspecified atom stereocenters. The standard InChI is InChI=1S/C20H26N6O/c1-5-25(6-2)19-17-11-23-26(20(17)22-13-21-19)12-18(27)24-15(4)16-9-7-14(3)8-10-16/h7-11,13,15H,5-6,12H2,1-4H3,(H,24,27)/t15-/m0/s1. The van der Waals surface area contributed by atoms with Crippen LogP contribution in [0.15, 0.2) is 36.8 Å². The Morgan fingerprint density at radius 3 is 2.56 bits per heavy atom. The molecule has 0 spiro atoms. The third-order valence-corrected chi connectivity index (χ3v) is 4.72. The van der Waals surface area contributed by atoms with Gasteiger partial charge in [0.05, 0.1) is 17.6 Å². The molecule has 1 atom stereocenters. The van der Waals surface area contributed by atoms with Crippen LogP contribution < -0.4 is 10.2 Å². The lowest BCUT2D eigenvalue weighted by Gasteiger charge is -2.19. The molecule has 3 aromatic rings. The quantitative estimate of drug-likeness (QED) is 0.696. The summed E-state index contributed by atoms with van der Waals surface area (Å²) in [5, 5.41) is 8.25. The molecule has 0 radical (unpaired) electrons. The minimum Gasteiger partial charge on any atom is -0.356 e. The van der Waals surface area contributed by atoms with Crippen LogP contribution in [0, 0.1) is 6.92 Å². The van der Waals surface area contributed by atoms with Gasteiger partial charge in [-0.3, -0.25) is 4.79 Å². The molecular formula is C20H26N6O. The molecule has 0 bridgehead atoms. The lowest BCUT2D eigenvalue weighted by Crippen LogP contribution is -2.30. The average molecular weight is 366 g/mol. The van der Waals surface area contributed by atoms with Crippen molar-refractivity contribution < 1.29 is 4.79 Å². The van der Waals surface area contributed by atoms with Crippen LogP contribution in [0.1, 0.15) is 37.9 Å². The number of carbonyl (C=O) groups is 1. The van der Waals surface area contributed by atoms with Crippen molar-refractivity contribution in [1.82, 2.24) is 25.1 Å². The van der Waals surface area contributed by atoms with E-state index in [0.29, 0.717) is 5.65 Å². The second kappa shape index (κ2) is 8.16. The Labute approximate surface area is 159 Å². The third-order valence-electron chi connectivity index (χ3n) is 4.72. The molecule has 0 saturated carbocycles. The van der Waals surface area contributed by atoms with Gasteiger partial charge in [0.2, 0.25) is 5.91 Å². The van der Waals surface area contributed by atoms with Gasteiger partial charge in [-0.05, 0) is 33.3 Å². The molecule has 1 aromatic carbocycles. The number of carbonyl (C=O) groups excluding carboxylic acids is 1. The monoisotopic (exact) mass is 366 g/mol. The molecule has 0 aliphatic heterocycles. The van der Waals surface area contributed by atoms with Crippen molar-refractivity contribution in [1.29, 1.82) is 0 Å². The van der Waals surface area contributed by atoms with Gasteiger partial charge in [-0.15, -0.1) is 0 Å². The van der Waals surface area contributed by atoms with E-state index in [1.54, 1.807) is 10.9 Å². The number of fused-ring (bicyclic) bond motifs is 1. The van der Waals surface area contributed by atoms with E-state index in [4.69, 9.17) is 0 Å². The Balaban J connectivity index is 1.75. The molecule has 0 aliphatic rings. The minimum absolute atomic E-state index is 0.0687. The second-order valence-corrected chi connectivity index (χ2v) is 6.61. The Bertz CT molecular complexity index is 914.